The number of halogens is 1. The number of amides is 2. The number of urea groups is 1. The van der Waals surface area contributed by atoms with Crippen molar-refractivity contribution in [2.45, 2.75) is 37.6 Å². The number of nitrogens with zero attached hydrogens (tertiary/aromatic N) is 1. The summed E-state index contributed by atoms with van der Waals surface area (Å²) in [7, 11) is 0. The van der Waals surface area contributed by atoms with Crippen molar-refractivity contribution in [3.05, 3.63) is 30.1 Å². The van der Waals surface area contributed by atoms with Gasteiger partial charge in [-0.3, -0.25) is 0 Å². The van der Waals surface area contributed by atoms with Gasteiger partial charge in [0.05, 0.1) is 5.54 Å². The molecule has 1 aliphatic carbocycles. The Balaban J connectivity index is 1.73. The minimum absolute atomic E-state index is 0.0411. The molecule has 3 rings (SSSR count). The number of benzene rings is 1. The van der Waals surface area contributed by atoms with E-state index in [0.29, 0.717) is 5.69 Å². The van der Waals surface area contributed by atoms with E-state index in [1.54, 1.807) is 12.1 Å². The van der Waals surface area contributed by atoms with Crippen LogP contribution in [-0.2, 0) is 0 Å². The van der Waals surface area contributed by atoms with Gasteiger partial charge in [0, 0.05) is 25.3 Å². The highest BCUT2D eigenvalue weighted by molar-refractivity contribution is 5.90. The molecule has 21 heavy (non-hydrogen) atoms. The van der Waals surface area contributed by atoms with E-state index >= 15 is 0 Å². The normalized spacial score (nSPS) is 21.3. The minimum atomic E-state index is -0.293. The van der Waals surface area contributed by atoms with Gasteiger partial charge in [-0.2, -0.15) is 0 Å². The van der Waals surface area contributed by atoms with Crippen LogP contribution in [0.4, 0.5) is 14.9 Å². The Bertz CT molecular complexity index is 488. The molecule has 5 heteroatoms. The zero-order valence-corrected chi connectivity index (χ0v) is 12.2. The summed E-state index contributed by atoms with van der Waals surface area (Å²) < 4.78 is 12.9. The third-order valence-corrected chi connectivity index (χ3v) is 4.66. The fraction of sp³-hybridized carbons (Fsp3) is 0.562. The second-order valence-corrected chi connectivity index (χ2v) is 6.05. The highest BCUT2D eigenvalue weighted by Crippen LogP contribution is 2.35. The van der Waals surface area contributed by atoms with Crippen molar-refractivity contribution in [2.75, 3.05) is 25.0 Å². The Morgan fingerprint density at radius 2 is 1.90 bits per heavy atom. The van der Waals surface area contributed by atoms with E-state index in [-0.39, 0.29) is 17.4 Å². The summed E-state index contributed by atoms with van der Waals surface area (Å²) in [6.07, 6.45) is 5.76. The predicted molar refractivity (Wildman–Crippen MR) is 80.8 cm³/mol. The lowest BCUT2D eigenvalue weighted by molar-refractivity contribution is 0.0634. The van der Waals surface area contributed by atoms with Crippen molar-refractivity contribution < 1.29 is 9.18 Å². The monoisotopic (exact) mass is 291 g/mol. The first-order chi connectivity index (χ1) is 10.2. The average Bonchev–Trinajstić information content (AvgIpc) is 2.51. The number of carbonyl (C=O) groups excluding carboxylic acids is 1. The maximum Gasteiger partial charge on any atom is 0.322 e. The molecule has 4 nitrogen and oxygen atoms in total. The average molecular weight is 291 g/mol. The van der Waals surface area contributed by atoms with Crippen LogP contribution >= 0.6 is 0 Å². The molecule has 0 atom stereocenters. The molecule has 0 bridgehead atoms. The van der Waals surface area contributed by atoms with E-state index in [1.165, 1.54) is 31.4 Å². The van der Waals surface area contributed by atoms with Gasteiger partial charge >= 0.3 is 6.03 Å². The van der Waals surface area contributed by atoms with Gasteiger partial charge < -0.3 is 15.5 Å². The van der Waals surface area contributed by atoms with Gasteiger partial charge in [-0.1, -0.05) is 19.3 Å². The lowest BCUT2D eigenvalue weighted by Crippen LogP contribution is -2.64. The van der Waals surface area contributed by atoms with E-state index < -0.39 is 0 Å². The van der Waals surface area contributed by atoms with Crippen LogP contribution in [-0.4, -0.2) is 36.1 Å². The topological polar surface area (TPSA) is 44.4 Å². The zero-order valence-electron chi connectivity index (χ0n) is 12.2. The first-order valence-electron chi connectivity index (χ1n) is 7.75. The number of carbonyl (C=O) groups is 1. The largest absolute Gasteiger partial charge is 0.322 e. The molecule has 1 spiro atoms. The van der Waals surface area contributed by atoms with E-state index in [2.05, 4.69) is 10.6 Å². The van der Waals surface area contributed by atoms with Crippen LogP contribution in [0, 0.1) is 5.82 Å². The van der Waals surface area contributed by atoms with Crippen molar-refractivity contribution in [1.82, 2.24) is 10.2 Å². The van der Waals surface area contributed by atoms with Crippen LogP contribution < -0.4 is 10.6 Å². The number of rotatable bonds is 1. The second-order valence-electron chi connectivity index (χ2n) is 6.05. The standard InChI is InChI=1S/C16H22FN3O/c17-13-4-6-14(7-5-13)19-15(21)20-11-10-18-12-16(20)8-2-1-3-9-16/h4-7,18H,1-3,8-12H2,(H,19,21). The lowest BCUT2D eigenvalue weighted by atomic mass is 9.79. The van der Waals surface area contributed by atoms with E-state index in [4.69, 9.17) is 0 Å². The zero-order chi connectivity index (χ0) is 14.7. The number of hydrogen-bond acceptors (Lipinski definition) is 2. The van der Waals surface area contributed by atoms with Gasteiger partial charge in [0.25, 0.3) is 0 Å². The molecule has 0 unspecified atom stereocenters. The Kier molecular flexibility index (Phi) is 4.10. The van der Waals surface area contributed by atoms with Gasteiger partial charge in [-0.15, -0.1) is 0 Å². The van der Waals surface area contributed by atoms with E-state index in [9.17, 15) is 9.18 Å². The summed E-state index contributed by atoms with van der Waals surface area (Å²) in [5, 5.41) is 6.33. The highest BCUT2D eigenvalue weighted by atomic mass is 19.1. The van der Waals surface area contributed by atoms with Gasteiger partial charge in [-0.05, 0) is 37.1 Å². The van der Waals surface area contributed by atoms with Gasteiger partial charge in [-0.25, -0.2) is 9.18 Å². The summed E-state index contributed by atoms with van der Waals surface area (Å²) in [5.74, 6) is -0.293. The molecule has 1 saturated carbocycles. The molecule has 1 heterocycles. The number of hydrogen-bond donors (Lipinski definition) is 2. The Labute approximate surface area is 124 Å². The third-order valence-electron chi connectivity index (χ3n) is 4.66. The fourth-order valence-electron chi connectivity index (χ4n) is 3.54. The molecule has 0 radical (unpaired) electrons. The van der Waals surface area contributed by atoms with Crippen LogP contribution in [0.5, 0.6) is 0 Å². The van der Waals surface area contributed by atoms with Crippen molar-refractivity contribution in [3.63, 3.8) is 0 Å². The first-order valence-corrected chi connectivity index (χ1v) is 7.75. The van der Waals surface area contributed by atoms with Crippen LogP contribution in [0.3, 0.4) is 0 Å². The van der Waals surface area contributed by atoms with Crippen LogP contribution in [0.2, 0.25) is 0 Å². The molecule has 1 aromatic rings. The predicted octanol–water partition coefficient (Wildman–Crippen LogP) is 2.97. The van der Waals surface area contributed by atoms with Crippen molar-refractivity contribution in [1.29, 1.82) is 0 Å². The van der Waals surface area contributed by atoms with Crippen LogP contribution in [0.1, 0.15) is 32.1 Å². The molecule has 2 N–H and O–H groups in total. The maximum atomic E-state index is 12.9. The van der Waals surface area contributed by atoms with E-state index in [1.807, 2.05) is 4.90 Å². The summed E-state index contributed by atoms with van der Waals surface area (Å²) in [6.45, 7) is 2.44. The summed E-state index contributed by atoms with van der Waals surface area (Å²) in [6, 6.07) is 5.87. The molecule has 0 aromatic heterocycles. The van der Waals surface area contributed by atoms with Crippen molar-refractivity contribution in [3.8, 4) is 0 Å². The lowest BCUT2D eigenvalue weighted by Gasteiger charge is -2.49. The first kappa shape index (κ1) is 14.3. The quantitative estimate of drug-likeness (QED) is 0.835. The van der Waals surface area contributed by atoms with Crippen LogP contribution in [0.15, 0.2) is 24.3 Å². The summed E-state index contributed by atoms with van der Waals surface area (Å²) >= 11 is 0. The molecular weight excluding hydrogens is 269 g/mol. The minimum Gasteiger partial charge on any atom is -0.316 e. The third kappa shape index (κ3) is 3.02. The van der Waals surface area contributed by atoms with Gasteiger partial charge in [0.1, 0.15) is 5.82 Å². The van der Waals surface area contributed by atoms with Gasteiger partial charge in [0.15, 0.2) is 0 Å². The maximum absolute atomic E-state index is 12.9. The molecule has 2 amide bonds. The summed E-state index contributed by atoms with van der Waals surface area (Å²) in [4.78, 5) is 14.6. The Morgan fingerprint density at radius 1 is 1.19 bits per heavy atom. The molecule has 2 fully saturated rings. The SMILES string of the molecule is O=C(Nc1ccc(F)cc1)N1CCNCC12CCCCC2. The van der Waals surface area contributed by atoms with Crippen molar-refractivity contribution >= 4 is 11.7 Å². The Morgan fingerprint density at radius 3 is 2.62 bits per heavy atom. The molecular formula is C16H22FN3O. The Hall–Kier alpha value is -1.62. The smallest absolute Gasteiger partial charge is 0.316 e. The molecule has 2 aliphatic rings. The number of nitrogens with one attached hydrogen (secondary N) is 2. The van der Waals surface area contributed by atoms with E-state index in [0.717, 1.165) is 32.5 Å². The molecule has 1 aliphatic heterocycles. The number of piperazine rings is 1. The fourth-order valence-corrected chi connectivity index (χ4v) is 3.54. The van der Waals surface area contributed by atoms with Crippen molar-refractivity contribution in [2.24, 2.45) is 0 Å². The number of anilines is 1. The van der Waals surface area contributed by atoms with Gasteiger partial charge in [0.2, 0.25) is 0 Å². The molecule has 114 valence electrons. The summed E-state index contributed by atoms with van der Waals surface area (Å²) in [5.41, 5.74) is 0.603. The van der Waals surface area contributed by atoms with Crippen LogP contribution in [0.25, 0.3) is 0 Å². The molecule has 1 saturated heterocycles. The molecule has 1 aromatic carbocycles. The highest BCUT2D eigenvalue weighted by Gasteiger charge is 2.42. The second kappa shape index (κ2) is 6.02.